The zero-order chi connectivity index (χ0) is 18.4. The number of nitrogens with one attached hydrogen (secondary N) is 1. The predicted molar refractivity (Wildman–Crippen MR) is 98.4 cm³/mol. The predicted octanol–water partition coefficient (Wildman–Crippen LogP) is 2.41. The lowest BCUT2D eigenvalue weighted by Crippen LogP contribution is -2.19. The number of hydrogen-bond donors (Lipinski definition) is 1. The van der Waals surface area contributed by atoms with Crippen molar-refractivity contribution in [2.24, 2.45) is 5.10 Å². The van der Waals surface area contributed by atoms with Crippen LogP contribution in [0.4, 0.5) is 0 Å². The first kappa shape index (κ1) is 17.3. The van der Waals surface area contributed by atoms with Crippen LogP contribution < -0.4 is 10.1 Å². The van der Waals surface area contributed by atoms with E-state index in [9.17, 15) is 4.79 Å². The third kappa shape index (κ3) is 4.13. The van der Waals surface area contributed by atoms with E-state index in [0.717, 1.165) is 16.7 Å². The molecule has 1 aromatic heterocycles. The Morgan fingerprint density at radius 1 is 1.19 bits per heavy atom. The van der Waals surface area contributed by atoms with Gasteiger partial charge in [-0.05, 0) is 23.3 Å². The van der Waals surface area contributed by atoms with E-state index < -0.39 is 0 Å². The van der Waals surface area contributed by atoms with E-state index in [1.54, 1.807) is 6.21 Å². The summed E-state index contributed by atoms with van der Waals surface area (Å²) < 4.78 is 5.79. The molecule has 3 aromatic rings. The summed E-state index contributed by atoms with van der Waals surface area (Å²) in [6.07, 6.45) is 1.64. The second-order valence-electron chi connectivity index (χ2n) is 5.64. The van der Waals surface area contributed by atoms with Crippen LogP contribution >= 0.6 is 0 Å². The molecule has 3 rings (SSSR count). The summed E-state index contributed by atoms with van der Waals surface area (Å²) in [7, 11) is 1.53. The summed E-state index contributed by atoms with van der Waals surface area (Å²) in [4.78, 5) is 13.2. The van der Waals surface area contributed by atoms with Crippen LogP contribution in [0.15, 0.2) is 59.7 Å². The molecule has 0 aliphatic carbocycles. The maximum absolute atomic E-state index is 12.0. The van der Waals surface area contributed by atoms with Crippen molar-refractivity contribution in [1.29, 1.82) is 0 Å². The summed E-state index contributed by atoms with van der Waals surface area (Å²) >= 11 is 0. The van der Waals surface area contributed by atoms with Gasteiger partial charge in [-0.2, -0.15) is 5.10 Å². The molecule has 132 valence electrons. The summed E-state index contributed by atoms with van der Waals surface area (Å²) in [5, 5.41) is 14.6. The smallest absolute Gasteiger partial charge is 0.277 e. The number of hydrogen-bond acceptors (Lipinski definition) is 5. The molecule has 1 heterocycles. The van der Waals surface area contributed by atoms with Gasteiger partial charge in [-0.3, -0.25) is 4.79 Å². The summed E-state index contributed by atoms with van der Waals surface area (Å²) in [6, 6.07) is 17.5. The molecule has 0 bridgehead atoms. The van der Waals surface area contributed by atoms with E-state index in [2.05, 4.69) is 20.7 Å². The van der Waals surface area contributed by atoms with E-state index in [4.69, 9.17) is 4.74 Å². The number of aromatic nitrogens is 3. The number of carbonyl (C=O) groups excluding carboxylic acids is 1. The van der Waals surface area contributed by atoms with E-state index in [0.29, 0.717) is 0 Å². The molecule has 0 aliphatic heterocycles. The highest BCUT2D eigenvalue weighted by Crippen LogP contribution is 2.17. The Kier molecular flexibility index (Phi) is 5.38. The number of carbonyl (C=O) groups is 1. The van der Waals surface area contributed by atoms with Crippen molar-refractivity contribution in [3.63, 3.8) is 0 Å². The highest BCUT2D eigenvalue weighted by molar-refractivity contribution is 5.94. The van der Waals surface area contributed by atoms with Gasteiger partial charge in [0.2, 0.25) is 5.69 Å². The Bertz CT molecular complexity index is 901. The Balaban J connectivity index is 1.85. The zero-order valence-corrected chi connectivity index (χ0v) is 14.6. The Hall–Kier alpha value is -3.48. The molecule has 0 radical (unpaired) electrons. The molecule has 7 heteroatoms. The van der Waals surface area contributed by atoms with E-state index in [-0.39, 0.29) is 24.1 Å². The van der Waals surface area contributed by atoms with Crippen molar-refractivity contribution < 1.29 is 9.53 Å². The van der Waals surface area contributed by atoms with E-state index in [1.807, 2.05) is 61.5 Å². The number of aryl methyl sites for hydroxylation is 1. The minimum atomic E-state index is -0.384. The number of ether oxygens (including phenoxy) is 1. The average molecular weight is 349 g/mol. The lowest BCUT2D eigenvalue weighted by molar-refractivity contribution is 0.0953. The molecule has 7 nitrogen and oxygen atoms in total. The Morgan fingerprint density at radius 2 is 1.92 bits per heavy atom. The van der Waals surface area contributed by atoms with Gasteiger partial charge >= 0.3 is 0 Å². The van der Waals surface area contributed by atoms with Gasteiger partial charge in [0.05, 0.1) is 6.21 Å². The highest BCUT2D eigenvalue weighted by atomic mass is 16.5. The molecule has 0 fully saturated rings. The van der Waals surface area contributed by atoms with Crippen LogP contribution in [-0.2, 0) is 6.61 Å². The standard InChI is InChI=1S/C19H19N5O2/c1-14-8-10-15(11-9-14)12-21-24-19(17(22-23-24)18(25)20-2)26-13-16-6-4-3-5-7-16/h3-12H,13H2,1-2H3,(H,20,25)/b21-12+. The highest BCUT2D eigenvalue weighted by Gasteiger charge is 2.20. The molecule has 0 saturated carbocycles. The summed E-state index contributed by atoms with van der Waals surface area (Å²) in [6.45, 7) is 2.29. The quantitative estimate of drug-likeness (QED) is 0.693. The molecule has 1 N–H and O–H groups in total. The fraction of sp³-hybridized carbons (Fsp3) is 0.158. The third-order valence-electron chi connectivity index (χ3n) is 3.67. The molecule has 2 aromatic carbocycles. The second kappa shape index (κ2) is 8.06. The molecule has 0 spiro atoms. The average Bonchev–Trinajstić information content (AvgIpc) is 3.09. The van der Waals surface area contributed by atoms with Crippen LogP contribution in [0, 0.1) is 6.92 Å². The normalized spacial score (nSPS) is 10.8. The number of rotatable bonds is 6. The largest absolute Gasteiger partial charge is 0.470 e. The van der Waals surface area contributed by atoms with Gasteiger partial charge < -0.3 is 10.1 Å². The van der Waals surface area contributed by atoms with Crippen LogP contribution in [0.25, 0.3) is 0 Å². The Labute approximate surface area is 151 Å². The SMILES string of the molecule is CNC(=O)c1nnn(/N=C/c2ccc(C)cc2)c1OCc1ccccc1. The number of amides is 1. The molecule has 1 amide bonds. The van der Waals surface area contributed by atoms with Gasteiger partial charge in [0, 0.05) is 7.05 Å². The maximum atomic E-state index is 12.0. The molecular formula is C19H19N5O2. The van der Waals surface area contributed by atoms with Gasteiger partial charge in [-0.1, -0.05) is 65.0 Å². The summed E-state index contributed by atoms with van der Waals surface area (Å²) in [5.41, 5.74) is 3.12. The topological polar surface area (TPSA) is 81.4 Å². The van der Waals surface area contributed by atoms with Gasteiger partial charge in [-0.25, -0.2) is 0 Å². The van der Waals surface area contributed by atoms with Crippen LogP contribution in [0.2, 0.25) is 0 Å². The first-order valence-electron chi connectivity index (χ1n) is 8.13. The van der Waals surface area contributed by atoms with Gasteiger partial charge in [0.1, 0.15) is 6.61 Å². The fourth-order valence-corrected chi connectivity index (χ4v) is 2.23. The van der Waals surface area contributed by atoms with Crippen LogP contribution in [-0.4, -0.2) is 34.3 Å². The van der Waals surface area contributed by atoms with Crippen LogP contribution in [0.5, 0.6) is 5.88 Å². The third-order valence-corrected chi connectivity index (χ3v) is 3.67. The fourth-order valence-electron chi connectivity index (χ4n) is 2.23. The van der Waals surface area contributed by atoms with Gasteiger partial charge in [-0.15, -0.1) is 5.10 Å². The van der Waals surface area contributed by atoms with Crippen molar-refractivity contribution in [1.82, 2.24) is 20.4 Å². The Morgan fingerprint density at radius 3 is 2.62 bits per heavy atom. The van der Waals surface area contributed by atoms with Crippen LogP contribution in [0.3, 0.4) is 0 Å². The molecule has 26 heavy (non-hydrogen) atoms. The molecule has 0 saturated heterocycles. The zero-order valence-electron chi connectivity index (χ0n) is 14.6. The van der Waals surface area contributed by atoms with Crippen molar-refractivity contribution in [2.45, 2.75) is 13.5 Å². The van der Waals surface area contributed by atoms with E-state index >= 15 is 0 Å². The molecule has 0 atom stereocenters. The molecule has 0 unspecified atom stereocenters. The van der Waals surface area contributed by atoms with Gasteiger partial charge in [0.25, 0.3) is 11.8 Å². The second-order valence-corrected chi connectivity index (χ2v) is 5.64. The summed E-state index contributed by atoms with van der Waals surface area (Å²) in [5.74, 6) is -0.193. The number of nitrogens with zero attached hydrogens (tertiary/aromatic N) is 4. The van der Waals surface area contributed by atoms with E-state index in [1.165, 1.54) is 11.8 Å². The minimum absolute atomic E-state index is 0.0875. The monoisotopic (exact) mass is 349 g/mol. The van der Waals surface area contributed by atoms with Crippen molar-refractivity contribution in [2.75, 3.05) is 7.05 Å². The van der Waals surface area contributed by atoms with Crippen LogP contribution in [0.1, 0.15) is 27.2 Å². The minimum Gasteiger partial charge on any atom is -0.470 e. The van der Waals surface area contributed by atoms with Crippen molar-refractivity contribution in [3.8, 4) is 5.88 Å². The molecular weight excluding hydrogens is 330 g/mol. The first-order valence-corrected chi connectivity index (χ1v) is 8.13. The van der Waals surface area contributed by atoms with Crippen molar-refractivity contribution >= 4 is 12.1 Å². The first-order chi connectivity index (χ1) is 12.7. The lowest BCUT2D eigenvalue weighted by Gasteiger charge is -2.07. The van der Waals surface area contributed by atoms with Gasteiger partial charge in [0.15, 0.2) is 0 Å². The molecule has 0 aliphatic rings. The number of benzene rings is 2. The lowest BCUT2D eigenvalue weighted by atomic mass is 10.2. The van der Waals surface area contributed by atoms with Crippen molar-refractivity contribution in [3.05, 3.63) is 77.0 Å². The maximum Gasteiger partial charge on any atom is 0.277 e.